The molecule has 5 nitrogen and oxygen atoms in total. The number of benzene rings is 1. The van der Waals surface area contributed by atoms with Gasteiger partial charge in [-0.15, -0.1) is 0 Å². The number of Topliss-reactive ketones (excluding diaryl/α,β-unsaturated/α-hetero) is 1. The molecule has 0 saturated carbocycles. The highest BCUT2D eigenvalue weighted by Gasteiger charge is 2.18. The van der Waals surface area contributed by atoms with Crippen LogP contribution in [0.2, 0.25) is 0 Å². The van der Waals surface area contributed by atoms with E-state index in [4.69, 9.17) is 5.73 Å². The fourth-order valence-electron chi connectivity index (χ4n) is 2.18. The highest BCUT2D eigenvalue weighted by atomic mass is 79.9. The first-order valence-corrected chi connectivity index (χ1v) is 8.83. The van der Waals surface area contributed by atoms with Crippen molar-refractivity contribution < 1.29 is 4.79 Å². The molecule has 2 rings (SSSR count). The molecule has 0 aliphatic heterocycles. The third-order valence-corrected chi connectivity index (χ3v) is 4.88. The Balaban J connectivity index is 2.29. The van der Waals surface area contributed by atoms with Crippen molar-refractivity contribution in [2.45, 2.75) is 18.4 Å². The van der Waals surface area contributed by atoms with Gasteiger partial charge in [0.1, 0.15) is 23.0 Å². The molecule has 1 aromatic heterocycles. The zero-order valence-electron chi connectivity index (χ0n) is 12.8. The molecule has 7 heteroatoms. The lowest BCUT2D eigenvalue weighted by Gasteiger charge is -2.11. The Labute approximate surface area is 152 Å². The van der Waals surface area contributed by atoms with Crippen LogP contribution in [0.1, 0.15) is 34.0 Å². The van der Waals surface area contributed by atoms with E-state index in [0.29, 0.717) is 28.1 Å². The van der Waals surface area contributed by atoms with E-state index in [1.807, 2.05) is 13.0 Å². The number of nitrogen functional groups attached to an aromatic ring is 1. The topological polar surface area (TPSA) is 104 Å². The van der Waals surface area contributed by atoms with E-state index in [1.54, 1.807) is 24.3 Å². The Morgan fingerprint density at radius 3 is 2.42 bits per heavy atom. The molecular weight excluding hydrogens is 388 g/mol. The number of aromatic nitrogens is 1. The number of nitrogens with zero attached hydrogens (tertiary/aromatic N) is 3. The molecule has 0 fully saturated rings. The normalized spacial score (nSPS) is 10.0. The summed E-state index contributed by atoms with van der Waals surface area (Å²) in [6, 6.07) is 11.1. The van der Waals surface area contributed by atoms with Crippen molar-refractivity contribution in [3.63, 3.8) is 0 Å². The van der Waals surface area contributed by atoms with Crippen molar-refractivity contribution in [3.05, 3.63) is 51.0 Å². The molecule has 0 aliphatic rings. The molecule has 0 bridgehead atoms. The van der Waals surface area contributed by atoms with Crippen LogP contribution in [-0.2, 0) is 6.42 Å². The van der Waals surface area contributed by atoms with Gasteiger partial charge in [-0.3, -0.25) is 4.79 Å². The summed E-state index contributed by atoms with van der Waals surface area (Å²) in [6.07, 6.45) is 0.493. The Morgan fingerprint density at radius 1 is 1.25 bits per heavy atom. The Hall–Kier alpha value is -2.35. The Kier molecular flexibility index (Phi) is 5.97. The van der Waals surface area contributed by atoms with Gasteiger partial charge in [-0.1, -0.05) is 46.7 Å². The van der Waals surface area contributed by atoms with Gasteiger partial charge in [-0.2, -0.15) is 10.5 Å². The summed E-state index contributed by atoms with van der Waals surface area (Å²) in [5.41, 5.74) is 7.53. The monoisotopic (exact) mass is 400 g/mol. The van der Waals surface area contributed by atoms with E-state index in [1.165, 1.54) is 0 Å². The summed E-state index contributed by atoms with van der Waals surface area (Å²) in [5.74, 6) is 0.156. The lowest BCUT2D eigenvalue weighted by Crippen LogP contribution is -2.07. The van der Waals surface area contributed by atoms with Gasteiger partial charge < -0.3 is 5.73 Å². The number of pyridine rings is 1. The molecule has 0 amide bonds. The molecule has 0 spiro atoms. The fourth-order valence-corrected chi connectivity index (χ4v) is 3.36. The van der Waals surface area contributed by atoms with Crippen LogP contribution >= 0.6 is 27.7 Å². The number of nitrogens with two attached hydrogens (primary N) is 1. The number of anilines is 1. The SMILES string of the molecule is CCc1c(C#N)c(N)nc(SCC(=O)c2ccc(Br)cc2)c1C#N. The predicted molar refractivity (Wildman–Crippen MR) is 96.7 cm³/mol. The lowest BCUT2D eigenvalue weighted by atomic mass is 10.0. The van der Waals surface area contributed by atoms with Crippen LogP contribution in [0.3, 0.4) is 0 Å². The first-order valence-electron chi connectivity index (χ1n) is 7.05. The molecule has 1 aromatic carbocycles. The van der Waals surface area contributed by atoms with E-state index in [2.05, 4.69) is 27.0 Å². The number of ketones is 1. The maximum absolute atomic E-state index is 12.3. The third-order valence-electron chi connectivity index (χ3n) is 3.38. The number of halogens is 1. The second-order valence-electron chi connectivity index (χ2n) is 4.83. The van der Waals surface area contributed by atoms with Crippen LogP contribution in [0.25, 0.3) is 0 Å². The highest BCUT2D eigenvalue weighted by molar-refractivity contribution is 9.10. The average molecular weight is 401 g/mol. The van der Waals surface area contributed by atoms with Crippen LogP contribution in [0.15, 0.2) is 33.8 Å². The summed E-state index contributed by atoms with van der Waals surface area (Å²) in [7, 11) is 0. The molecule has 0 atom stereocenters. The molecule has 2 N–H and O–H groups in total. The Morgan fingerprint density at radius 2 is 1.88 bits per heavy atom. The highest BCUT2D eigenvalue weighted by Crippen LogP contribution is 2.29. The zero-order valence-corrected chi connectivity index (χ0v) is 15.2. The maximum atomic E-state index is 12.3. The van der Waals surface area contributed by atoms with Crippen molar-refractivity contribution in [1.82, 2.24) is 4.98 Å². The summed E-state index contributed by atoms with van der Waals surface area (Å²) in [6.45, 7) is 1.85. The largest absolute Gasteiger partial charge is 0.383 e. The van der Waals surface area contributed by atoms with Crippen LogP contribution in [0, 0.1) is 22.7 Å². The van der Waals surface area contributed by atoms with Crippen molar-refractivity contribution in [3.8, 4) is 12.1 Å². The number of carbonyl (C=O) groups is 1. The minimum atomic E-state index is -0.0702. The molecule has 1 heterocycles. The average Bonchev–Trinajstić information content (AvgIpc) is 2.59. The molecule has 120 valence electrons. The fraction of sp³-hybridized carbons (Fsp3) is 0.176. The maximum Gasteiger partial charge on any atom is 0.173 e. The number of thioether (sulfide) groups is 1. The van der Waals surface area contributed by atoms with E-state index in [-0.39, 0.29) is 22.9 Å². The van der Waals surface area contributed by atoms with Gasteiger partial charge in [0.15, 0.2) is 5.78 Å². The van der Waals surface area contributed by atoms with Crippen molar-refractivity contribution in [2.24, 2.45) is 0 Å². The Bertz CT molecular complexity index is 866. The van der Waals surface area contributed by atoms with Crippen molar-refractivity contribution >= 4 is 39.3 Å². The predicted octanol–water partition coefficient (Wildman–Crippen LogP) is 3.71. The number of nitriles is 2. The van der Waals surface area contributed by atoms with Gasteiger partial charge >= 0.3 is 0 Å². The van der Waals surface area contributed by atoms with Gasteiger partial charge in [0.2, 0.25) is 0 Å². The van der Waals surface area contributed by atoms with Crippen molar-refractivity contribution in [1.29, 1.82) is 10.5 Å². The second-order valence-corrected chi connectivity index (χ2v) is 6.71. The standard InChI is InChI=1S/C17H13BrN4OS/c1-2-12-13(7-19)16(21)22-17(14(12)8-20)24-9-15(23)10-3-5-11(18)6-4-10/h3-6H,2,9H2,1H3,(H2,21,22). The second kappa shape index (κ2) is 7.96. The molecular formula is C17H13BrN4OS. The smallest absolute Gasteiger partial charge is 0.173 e. The number of hydrogen-bond donors (Lipinski definition) is 1. The van der Waals surface area contributed by atoms with Gasteiger partial charge in [-0.25, -0.2) is 4.98 Å². The van der Waals surface area contributed by atoms with E-state index < -0.39 is 0 Å². The molecule has 2 aromatic rings. The van der Waals surface area contributed by atoms with Crippen LogP contribution in [0.4, 0.5) is 5.82 Å². The van der Waals surface area contributed by atoms with Crippen LogP contribution in [0.5, 0.6) is 0 Å². The van der Waals surface area contributed by atoms with Crippen molar-refractivity contribution in [2.75, 3.05) is 11.5 Å². The molecule has 0 unspecified atom stereocenters. The van der Waals surface area contributed by atoms with Gasteiger partial charge in [-0.05, 0) is 24.1 Å². The first kappa shape index (κ1) is 18.0. The van der Waals surface area contributed by atoms with E-state index in [9.17, 15) is 15.3 Å². The number of carbonyl (C=O) groups excluding carboxylic acids is 1. The lowest BCUT2D eigenvalue weighted by molar-refractivity contribution is 0.102. The summed E-state index contributed by atoms with van der Waals surface area (Å²) in [5, 5.41) is 19.0. The van der Waals surface area contributed by atoms with Gasteiger partial charge in [0.05, 0.1) is 16.9 Å². The summed E-state index contributed by atoms with van der Waals surface area (Å²) < 4.78 is 0.896. The molecule has 0 aliphatic carbocycles. The molecule has 24 heavy (non-hydrogen) atoms. The van der Waals surface area contributed by atoms with E-state index in [0.717, 1.165) is 16.2 Å². The minimum Gasteiger partial charge on any atom is -0.383 e. The van der Waals surface area contributed by atoms with Gasteiger partial charge in [0, 0.05) is 10.0 Å². The third kappa shape index (κ3) is 3.76. The molecule has 0 saturated heterocycles. The van der Waals surface area contributed by atoms with Gasteiger partial charge in [0.25, 0.3) is 0 Å². The zero-order chi connectivity index (χ0) is 17.7. The number of hydrogen-bond acceptors (Lipinski definition) is 6. The quantitative estimate of drug-likeness (QED) is 0.605. The number of rotatable bonds is 5. The summed E-state index contributed by atoms with van der Waals surface area (Å²) >= 11 is 4.48. The molecule has 0 radical (unpaired) electrons. The van der Waals surface area contributed by atoms with E-state index >= 15 is 0 Å². The first-order chi connectivity index (χ1) is 11.5. The van der Waals surface area contributed by atoms with Crippen LogP contribution < -0.4 is 5.73 Å². The minimum absolute atomic E-state index is 0.0702. The summed E-state index contributed by atoms with van der Waals surface area (Å²) in [4.78, 5) is 16.4. The van der Waals surface area contributed by atoms with Crippen LogP contribution in [-0.4, -0.2) is 16.5 Å².